The number of hydrogen-bond donors (Lipinski definition) is 1. The Morgan fingerprint density at radius 2 is 1.84 bits per heavy atom. The first-order valence-electron chi connectivity index (χ1n) is 6.84. The van der Waals surface area contributed by atoms with E-state index >= 15 is 0 Å². The van der Waals surface area contributed by atoms with Gasteiger partial charge in [0.2, 0.25) is 0 Å². The fraction of sp³-hybridized carbons (Fsp3) is 0.600. The van der Waals surface area contributed by atoms with E-state index in [1.165, 1.54) is 12.8 Å². The van der Waals surface area contributed by atoms with E-state index in [9.17, 15) is 0 Å². The first kappa shape index (κ1) is 14.6. The molecule has 2 aliphatic rings. The van der Waals surface area contributed by atoms with Gasteiger partial charge in [0.05, 0.1) is 19.8 Å². The fourth-order valence-corrected chi connectivity index (χ4v) is 3.17. The molecule has 19 heavy (non-hydrogen) atoms. The Labute approximate surface area is 121 Å². The van der Waals surface area contributed by atoms with Crippen molar-refractivity contribution in [2.24, 2.45) is 0 Å². The summed E-state index contributed by atoms with van der Waals surface area (Å²) in [6, 6.07) is 9.47. The van der Waals surface area contributed by atoms with E-state index in [-0.39, 0.29) is 12.4 Å². The van der Waals surface area contributed by atoms with Crippen LogP contribution in [0.15, 0.2) is 24.3 Å². The zero-order chi connectivity index (χ0) is 12.4. The molecule has 0 amide bonds. The molecule has 1 unspecified atom stereocenters. The monoisotopic (exact) mass is 283 g/mol. The fourth-order valence-electron chi connectivity index (χ4n) is 3.17. The van der Waals surface area contributed by atoms with E-state index < -0.39 is 0 Å². The average molecular weight is 284 g/mol. The van der Waals surface area contributed by atoms with Crippen LogP contribution >= 0.6 is 12.4 Å². The summed E-state index contributed by atoms with van der Waals surface area (Å²) in [4.78, 5) is 0. The molecule has 3 rings (SSSR count). The highest BCUT2D eigenvalue weighted by Crippen LogP contribution is 2.29. The summed E-state index contributed by atoms with van der Waals surface area (Å²) in [5.41, 5.74) is 1.14. The van der Waals surface area contributed by atoms with Gasteiger partial charge in [0.25, 0.3) is 0 Å². The molecule has 2 aliphatic heterocycles. The maximum absolute atomic E-state index is 6.07. The summed E-state index contributed by atoms with van der Waals surface area (Å²) in [5.74, 6) is 0.925. The molecule has 2 bridgehead atoms. The number of ether oxygens (including phenoxy) is 2. The van der Waals surface area contributed by atoms with Crippen molar-refractivity contribution >= 4 is 12.4 Å². The molecule has 0 aliphatic carbocycles. The number of rotatable bonds is 4. The minimum atomic E-state index is 0. The maximum atomic E-state index is 6.07. The van der Waals surface area contributed by atoms with Crippen molar-refractivity contribution < 1.29 is 9.47 Å². The normalized spacial score (nSPS) is 28.8. The number of nitrogens with one attached hydrogen (secondary N) is 1. The van der Waals surface area contributed by atoms with Crippen molar-refractivity contribution in [1.82, 2.24) is 5.32 Å². The second-order valence-electron chi connectivity index (χ2n) is 5.35. The van der Waals surface area contributed by atoms with Gasteiger partial charge < -0.3 is 14.8 Å². The molecule has 4 heteroatoms. The number of methoxy groups -OCH3 is 1. The Morgan fingerprint density at radius 3 is 2.53 bits per heavy atom. The third-order valence-electron chi connectivity index (χ3n) is 4.10. The van der Waals surface area contributed by atoms with Crippen LogP contribution < -0.4 is 10.1 Å². The Morgan fingerprint density at radius 1 is 1.16 bits per heavy atom. The molecule has 0 saturated carbocycles. The molecule has 0 spiro atoms. The molecule has 3 nitrogen and oxygen atoms in total. The first-order valence-corrected chi connectivity index (χ1v) is 6.84. The SMILES string of the molecule is COc1ccccc1COC1C[C@H]2CC[C@@H](C1)N2.Cl. The highest BCUT2D eigenvalue weighted by atomic mass is 35.5. The third kappa shape index (κ3) is 3.41. The zero-order valence-corrected chi connectivity index (χ0v) is 12.1. The van der Waals surface area contributed by atoms with Crippen LogP contribution in [-0.4, -0.2) is 25.3 Å². The van der Waals surface area contributed by atoms with Gasteiger partial charge in [-0.15, -0.1) is 12.4 Å². The number of halogens is 1. The summed E-state index contributed by atoms with van der Waals surface area (Å²) >= 11 is 0. The third-order valence-corrected chi connectivity index (χ3v) is 4.10. The topological polar surface area (TPSA) is 30.5 Å². The summed E-state index contributed by atoms with van der Waals surface area (Å²) < 4.78 is 11.4. The van der Waals surface area contributed by atoms with Crippen LogP contribution in [0.1, 0.15) is 31.2 Å². The predicted octanol–water partition coefficient (Wildman–Crippen LogP) is 2.92. The van der Waals surface area contributed by atoms with Gasteiger partial charge in [-0.3, -0.25) is 0 Å². The summed E-state index contributed by atoms with van der Waals surface area (Å²) in [6.07, 6.45) is 5.36. The Balaban J connectivity index is 0.00000133. The molecule has 1 N–H and O–H groups in total. The highest BCUT2D eigenvalue weighted by Gasteiger charge is 2.33. The molecular formula is C15H22ClNO2. The molecule has 2 saturated heterocycles. The van der Waals surface area contributed by atoms with Crippen molar-refractivity contribution in [3.8, 4) is 5.75 Å². The van der Waals surface area contributed by atoms with Gasteiger partial charge in [-0.25, -0.2) is 0 Å². The van der Waals surface area contributed by atoms with Gasteiger partial charge >= 0.3 is 0 Å². The molecule has 2 heterocycles. The first-order chi connectivity index (χ1) is 8.85. The van der Waals surface area contributed by atoms with Crippen LogP contribution in [0.4, 0.5) is 0 Å². The van der Waals surface area contributed by atoms with Gasteiger partial charge in [0.15, 0.2) is 0 Å². The lowest BCUT2D eigenvalue weighted by Crippen LogP contribution is -2.41. The predicted molar refractivity (Wildman–Crippen MR) is 78.0 cm³/mol. The lowest BCUT2D eigenvalue weighted by molar-refractivity contribution is 0.00842. The van der Waals surface area contributed by atoms with Crippen molar-refractivity contribution in [3.05, 3.63) is 29.8 Å². The Bertz CT molecular complexity index is 401. The zero-order valence-electron chi connectivity index (χ0n) is 11.3. The van der Waals surface area contributed by atoms with Gasteiger partial charge in [0.1, 0.15) is 5.75 Å². The molecule has 0 aromatic heterocycles. The van der Waals surface area contributed by atoms with Crippen molar-refractivity contribution in [3.63, 3.8) is 0 Å². The highest BCUT2D eigenvalue weighted by molar-refractivity contribution is 5.85. The van der Waals surface area contributed by atoms with Gasteiger partial charge in [-0.2, -0.15) is 0 Å². The number of para-hydroxylation sites is 1. The number of benzene rings is 1. The largest absolute Gasteiger partial charge is 0.496 e. The Hall–Kier alpha value is -0.770. The van der Waals surface area contributed by atoms with Crippen LogP contribution in [-0.2, 0) is 11.3 Å². The van der Waals surface area contributed by atoms with E-state index in [2.05, 4.69) is 11.4 Å². The van der Waals surface area contributed by atoms with Gasteiger partial charge in [0, 0.05) is 17.6 Å². The summed E-state index contributed by atoms with van der Waals surface area (Å²) in [5, 5.41) is 3.64. The van der Waals surface area contributed by atoms with Crippen LogP contribution in [0.2, 0.25) is 0 Å². The molecule has 106 valence electrons. The van der Waals surface area contributed by atoms with Crippen molar-refractivity contribution in [2.45, 2.75) is 50.5 Å². The molecule has 2 fully saturated rings. The lowest BCUT2D eigenvalue weighted by Gasteiger charge is -2.29. The number of hydrogen-bond acceptors (Lipinski definition) is 3. The van der Waals surface area contributed by atoms with E-state index in [0.717, 1.165) is 24.2 Å². The molecular weight excluding hydrogens is 262 g/mol. The standard InChI is InChI=1S/C15H21NO2.ClH/c1-17-15-5-3-2-4-11(15)10-18-14-8-12-6-7-13(9-14)16-12;/h2-5,12-14,16H,6-10H2,1H3;1H/t12-,13+,14?;. The van der Waals surface area contributed by atoms with Crippen LogP contribution in [0.3, 0.4) is 0 Å². The van der Waals surface area contributed by atoms with Gasteiger partial charge in [-0.05, 0) is 31.7 Å². The molecule has 1 aromatic carbocycles. The molecule has 3 atom stereocenters. The number of piperidine rings is 1. The van der Waals surface area contributed by atoms with Crippen LogP contribution in [0.25, 0.3) is 0 Å². The molecule has 0 radical (unpaired) electrons. The maximum Gasteiger partial charge on any atom is 0.124 e. The van der Waals surface area contributed by atoms with E-state index in [4.69, 9.17) is 9.47 Å². The van der Waals surface area contributed by atoms with Gasteiger partial charge in [-0.1, -0.05) is 18.2 Å². The molecule has 1 aromatic rings. The average Bonchev–Trinajstić information content (AvgIpc) is 2.76. The van der Waals surface area contributed by atoms with Crippen molar-refractivity contribution in [1.29, 1.82) is 0 Å². The van der Waals surface area contributed by atoms with Crippen LogP contribution in [0, 0.1) is 0 Å². The smallest absolute Gasteiger partial charge is 0.124 e. The second-order valence-corrected chi connectivity index (χ2v) is 5.35. The summed E-state index contributed by atoms with van der Waals surface area (Å²) in [6.45, 7) is 0.661. The minimum absolute atomic E-state index is 0. The van der Waals surface area contributed by atoms with E-state index in [1.54, 1.807) is 7.11 Å². The second kappa shape index (κ2) is 6.60. The van der Waals surface area contributed by atoms with E-state index in [1.807, 2.05) is 18.2 Å². The van der Waals surface area contributed by atoms with E-state index in [0.29, 0.717) is 24.8 Å². The Kier molecular flexibility index (Phi) is 5.08. The quantitative estimate of drug-likeness (QED) is 0.922. The lowest BCUT2D eigenvalue weighted by atomic mass is 10.0. The van der Waals surface area contributed by atoms with Crippen LogP contribution in [0.5, 0.6) is 5.75 Å². The number of fused-ring (bicyclic) bond motifs is 2. The minimum Gasteiger partial charge on any atom is -0.496 e. The van der Waals surface area contributed by atoms with Crippen molar-refractivity contribution in [2.75, 3.05) is 7.11 Å². The summed E-state index contributed by atoms with van der Waals surface area (Å²) in [7, 11) is 1.71.